The topological polar surface area (TPSA) is 137 Å². The molecule has 1 amide bonds. The van der Waals surface area contributed by atoms with Gasteiger partial charge in [0.2, 0.25) is 5.91 Å². The van der Waals surface area contributed by atoms with Gasteiger partial charge in [-0.05, 0) is 54.4 Å². The summed E-state index contributed by atoms with van der Waals surface area (Å²) in [5.74, 6) is 0.430. The van der Waals surface area contributed by atoms with Gasteiger partial charge in [-0.2, -0.15) is 5.10 Å². The number of fused-ring (bicyclic) bond motifs is 2. The van der Waals surface area contributed by atoms with E-state index in [4.69, 9.17) is 4.98 Å². The summed E-state index contributed by atoms with van der Waals surface area (Å²) in [4.78, 5) is 33.7. The number of nitrogens with one attached hydrogen (secondary N) is 4. The van der Waals surface area contributed by atoms with Gasteiger partial charge in [-0.25, -0.2) is 14.4 Å². The maximum absolute atomic E-state index is 14.4. The number of nitrogens with zero attached hydrogens (tertiary/aromatic N) is 5. The Kier molecular flexibility index (Phi) is 6.94. The molecular weight excluding hydrogens is 521 g/mol. The Morgan fingerprint density at radius 1 is 0.976 bits per heavy atom. The summed E-state index contributed by atoms with van der Waals surface area (Å²) in [6.45, 7) is 4.54. The highest BCUT2D eigenvalue weighted by Crippen LogP contribution is 2.33. The van der Waals surface area contributed by atoms with Gasteiger partial charge in [-0.1, -0.05) is 13.8 Å². The maximum Gasteiger partial charge on any atom is 0.224 e. The molecule has 0 radical (unpaired) electrons. The third-order valence-corrected chi connectivity index (χ3v) is 6.64. The van der Waals surface area contributed by atoms with Crippen molar-refractivity contribution in [3.63, 3.8) is 0 Å². The van der Waals surface area contributed by atoms with E-state index in [1.165, 1.54) is 12.1 Å². The van der Waals surface area contributed by atoms with Gasteiger partial charge in [0, 0.05) is 48.2 Å². The predicted octanol–water partition coefficient (Wildman–Crippen LogP) is 5.47. The summed E-state index contributed by atoms with van der Waals surface area (Å²) in [7, 11) is 1.82. The van der Waals surface area contributed by atoms with E-state index in [1.54, 1.807) is 31.0 Å². The van der Waals surface area contributed by atoms with Gasteiger partial charge in [0.1, 0.15) is 11.5 Å². The van der Waals surface area contributed by atoms with Crippen molar-refractivity contribution < 1.29 is 9.18 Å². The third kappa shape index (κ3) is 5.39. The molecule has 10 nitrogen and oxygen atoms in total. The minimum absolute atomic E-state index is 0.0557. The maximum atomic E-state index is 14.4. The summed E-state index contributed by atoms with van der Waals surface area (Å²) < 4.78 is 14.4. The number of hydrogen-bond donors (Lipinski definition) is 4. The molecule has 0 aliphatic rings. The highest BCUT2D eigenvalue weighted by molar-refractivity contribution is 5.97. The molecular formula is C30H28FN9O. The van der Waals surface area contributed by atoms with E-state index in [-0.39, 0.29) is 17.6 Å². The van der Waals surface area contributed by atoms with E-state index in [1.807, 2.05) is 39.1 Å². The predicted molar refractivity (Wildman–Crippen MR) is 156 cm³/mol. The molecule has 0 bridgehead atoms. The first-order chi connectivity index (χ1) is 19.9. The quantitative estimate of drug-likeness (QED) is 0.198. The smallest absolute Gasteiger partial charge is 0.224 e. The van der Waals surface area contributed by atoms with Crippen LogP contribution in [0.3, 0.4) is 0 Å². The Labute approximate surface area is 234 Å². The lowest BCUT2D eigenvalue weighted by Crippen LogP contribution is -2.13. The van der Waals surface area contributed by atoms with Crippen LogP contribution in [0.15, 0.2) is 61.3 Å². The Morgan fingerprint density at radius 2 is 1.80 bits per heavy atom. The van der Waals surface area contributed by atoms with E-state index in [9.17, 15) is 9.18 Å². The molecule has 0 unspecified atom stereocenters. The number of rotatable bonds is 8. The van der Waals surface area contributed by atoms with Crippen LogP contribution in [0.25, 0.3) is 55.8 Å². The first-order valence-electron chi connectivity index (χ1n) is 13.3. The van der Waals surface area contributed by atoms with Gasteiger partial charge in [0.25, 0.3) is 0 Å². The van der Waals surface area contributed by atoms with Crippen LogP contribution in [0.2, 0.25) is 0 Å². The van der Waals surface area contributed by atoms with Crippen molar-refractivity contribution in [2.75, 3.05) is 12.4 Å². The van der Waals surface area contributed by atoms with Crippen molar-refractivity contribution in [2.24, 2.45) is 5.92 Å². The number of aromatic nitrogens is 7. The number of anilines is 1. The molecule has 5 heterocycles. The fraction of sp³-hybridized carbons (Fsp3) is 0.200. The van der Waals surface area contributed by atoms with Gasteiger partial charge in [0.05, 0.1) is 34.5 Å². The molecule has 11 heteroatoms. The van der Waals surface area contributed by atoms with Crippen LogP contribution in [0.5, 0.6) is 0 Å². The van der Waals surface area contributed by atoms with Crippen molar-refractivity contribution in [1.29, 1.82) is 0 Å². The van der Waals surface area contributed by atoms with E-state index in [2.05, 4.69) is 40.8 Å². The number of hydrogen-bond acceptors (Lipinski definition) is 7. The van der Waals surface area contributed by atoms with Gasteiger partial charge < -0.3 is 15.6 Å². The average molecular weight is 550 g/mol. The van der Waals surface area contributed by atoms with Gasteiger partial charge in [-0.15, -0.1) is 0 Å². The Bertz CT molecular complexity index is 1890. The number of carbonyl (C=O) groups is 1. The van der Waals surface area contributed by atoms with Gasteiger partial charge in [-0.3, -0.25) is 19.9 Å². The molecule has 41 heavy (non-hydrogen) atoms. The molecule has 6 rings (SSSR count). The van der Waals surface area contributed by atoms with Gasteiger partial charge >= 0.3 is 0 Å². The summed E-state index contributed by atoms with van der Waals surface area (Å²) in [6, 6.07) is 8.75. The lowest BCUT2D eigenvalue weighted by Gasteiger charge is -2.08. The molecule has 0 aliphatic heterocycles. The Morgan fingerprint density at radius 3 is 2.63 bits per heavy atom. The molecule has 4 N–H and O–H groups in total. The minimum Gasteiger partial charge on any atom is -0.335 e. The lowest BCUT2D eigenvalue weighted by atomic mass is 10.0. The average Bonchev–Trinajstić information content (AvgIpc) is 3.56. The van der Waals surface area contributed by atoms with Crippen LogP contribution >= 0.6 is 0 Å². The van der Waals surface area contributed by atoms with Crippen LogP contribution in [0.1, 0.15) is 25.8 Å². The zero-order valence-corrected chi connectivity index (χ0v) is 22.8. The zero-order valence-electron chi connectivity index (χ0n) is 22.8. The second kappa shape index (κ2) is 10.9. The van der Waals surface area contributed by atoms with Crippen LogP contribution in [0, 0.1) is 11.7 Å². The number of halogens is 1. The molecule has 5 aromatic heterocycles. The number of aromatic amines is 2. The number of carbonyl (C=O) groups excluding carboxylic acids is 1. The molecule has 0 atom stereocenters. The summed E-state index contributed by atoms with van der Waals surface area (Å²) >= 11 is 0. The van der Waals surface area contributed by atoms with Crippen LogP contribution in [-0.4, -0.2) is 48.1 Å². The Hall–Kier alpha value is -5.03. The summed E-state index contributed by atoms with van der Waals surface area (Å²) in [5, 5.41) is 14.1. The highest BCUT2D eigenvalue weighted by Gasteiger charge is 2.17. The third-order valence-electron chi connectivity index (χ3n) is 6.64. The van der Waals surface area contributed by atoms with Crippen molar-refractivity contribution in [1.82, 2.24) is 40.4 Å². The molecule has 0 spiro atoms. The number of H-pyrrole nitrogens is 2. The zero-order chi connectivity index (χ0) is 28.5. The molecule has 1 aromatic carbocycles. The number of amides is 1. The van der Waals surface area contributed by atoms with Crippen molar-refractivity contribution in [2.45, 2.75) is 26.8 Å². The number of imidazole rings is 1. The normalized spacial score (nSPS) is 11.5. The first kappa shape index (κ1) is 26.2. The van der Waals surface area contributed by atoms with Crippen molar-refractivity contribution >= 4 is 33.7 Å². The molecule has 6 aromatic rings. The monoisotopic (exact) mass is 549 g/mol. The van der Waals surface area contributed by atoms with E-state index >= 15 is 0 Å². The fourth-order valence-electron chi connectivity index (χ4n) is 4.86. The lowest BCUT2D eigenvalue weighted by molar-refractivity contribution is -0.116. The molecule has 206 valence electrons. The highest BCUT2D eigenvalue weighted by atomic mass is 19.1. The second-order valence-corrected chi connectivity index (χ2v) is 10.3. The molecule has 0 saturated heterocycles. The Balaban J connectivity index is 1.38. The SMILES string of the molecule is CNCc1cc(F)cc(-c2cncc3[nH]c(-c4[nH]nc5ncc(-c6cncc(NC(=O)CC(C)C)c6)cc45)nc23)c1. The number of benzene rings is 1. The van der Waals surface area contributed by atoms with Crippen molar-refractivity contribution in [3.05, 3.63) is 72.7 Å². The number of pyridine rings is 3. The molecule has 0 saturated carbocycles. The van der Waals surface area contributed by atoms with E-state index in [0.717, 1.165) is 22.1 Å². The summed E-state index contributed by atoms with van der Waals surface area (Å²) in [6.07, 6.45) is 8.88. The fourth-order valence-corrected chi connectivity index (χ4v) is 4.86. The van der Waals surface area contributed by atoms with Gasteiger partial charge in [0.15, 0.2) is 11.5 Å². The van der Waals surface area contributed by atoms with Crippen LogP contribution in [-0.2, 0) is 11.3 Å². The largest absolute Gasteiger partial charge is 0.335 e. The van der Waals surface area contributed by atoms with Crippen LogP contribution < -0.4 is 10.6 Å². The standard InChI is InChI=1S/C30H28FN9O/c1-16(2)4-26(41)36-22-8-19(11-33-13-22)20-9-23-28(39-40-29(23)35-12-20)30-37-25-15-34-14-24(27(25)38-30)18-5-17(10-32-3)6-21(31)7-18/h5-9,11-16,32H,4,10H2,1-3H3,(H,36,41)(H,37,38)(H,35,39,40). The first-order valence-corrected chi connectivity index (χ1v) is 13.3. The van der Waals surface area contributed by atoms with E-state index < -0.39 is 0 Å². The second-order valence-electron chi connectivity index (χ2n) is 10.3. The van der Waals surface area contributed by atoms with Crippen LogP contribution in [0.4, 0.5) is 10.1 Å². The van der Waals surface area contributed by atoms with Crippen molar-refractivity contribution in [3.8, 4) is 33.8 Å². The molecule has 0 aliphatic carbocycles. The minimum atomic E-state index is -0.322. The molecule has 0 fully saturated rings. The summed E-state index contributed by atoms with van der Waals surface area (Å²) in [5.41, 5.74) is 7.01. The van der Waals surface area contributed by atoms with E-state index in [0.29, 0.717) is 58.0 Å².